The summed E-state index contributed by atoms with van der Waals surface area (Å²) in [5.74, 6) is -0.145. The van der Waals surface area contributed by atoms with E-state index in [0.29, 0.717) is 12.8 Å². The van der Waals surface area contributed by atoms with Crippen LogP contribution in [0.25, 0.3) is 0 Å². The maximum Gasteiger partial charge on any atom is 0.220 e. The smallest absolute Gasteiger partial charge is 0.220 e. The number of aliphatic hydroxyl groups is 3. The van der Waals surface area contributed by atoms with Gasteiger partial charge in [-0.05, 0) is 12.8 Å². The predicted molar refractivity (Wildman–Crippen MR) is 130 cm³/mol. The van der Waals surface area contributed by atoms with Gasteiger partial charge in [0.25, 0.3) is 0 Å². The fourth-order valence-corrected chi connectivity index (χ4v) is 3.72. The molecule has 5 nitrogen and oxygen atoms in total. The van der Waals surface area contributed by atoms with Gasteiger partial charge in [0.15, 0.2) is 0 Å². The lowest BCUT2D eigenvalue weighted by Crippen LogP contribution is -2.45. The van der Waals surface area contributed by atoms with Gasteiger partial charge < -0.3 is 20.6 Å². The molecule has 4 N–H and O–H groups in total. The van der Waals surface area contributed by atoms with Gasteiger partial charge in [-0.25, -0.2) is 0 Å². The molecule has 184 valence electrons. The lowest BCUT2D eigenvalue weighted by molar-refractivity contribution is -0.123. The summed E-state index contributed by atoms with van der Waals surface area (Å²) in [6.07, 6.45) is 20.5. The summed E-state index contributed by atoms with van der Waals surface area (Å²) in [4.78, 5) is 12.0. The standard InChI is InChI=1S/C26H51NO4/c1-3-5-7-9-10-11-12-13-15-16-18-23(29)20-21-25(30)24(22-28)27-26(31)19-17-14-8-6-4-2/h20-21,23-25,28-30H,3-19,22H2,1-2H3,(H,27,31)/b21-20+/t23-,24-,25+/m0/s1. The van der Waals surface area contributed by atoms with E-state index in [1.165, 1.54) is 70.3 Å². The van der Waals surface area contributed by atoms with Gasteiger partial charge >= 0.3 is 0 Å². The molecular weight excluding hydrogens is 390 g/mol. The molecule has 31 heavy (non-hydrogen) atoms. The van der Waals surface area contributed by atoms with Crippen LogP contribution in [0.1, 0.15) is 123 Å². The molecule has 0 aliphatic carbocycles. The summed E-state index contributed by atoms with van der Waals surface area (Å²) in [5.41, 5.74) is 0. The minimum atomic E-state index is -1.00. The van der Waals surface area contributed by atoms with Gasteiger partial charge in [0.05, 0.1) is 24.9 Å². The molecule has 3 atom stereocenters. The quantitative estimate of drug-likeness (QED) is 0.133. The molecular formula is C26H51NO4. The molecule has 0 aromatic heterocycles. The molecule has 0 aromatic carbocycles. The third kappa shape index (κ3) is 19.5. The number of unbranched alkanes of at least 4 members (excludes halogenated alkanes) is 13. The molecule has 0 aliphatic rings. The number of aliphatic hydroxyl groups excluding tert-OH is 3. The van der Waals surface area contributed by atoms with Crippen molar-refractivity contribution in [1.82, 2.24) is 5.32 Å². The second kappa shape index (κ2) is 22.3. The van der Waals surface area contributed by atoms with E-state index in [2.05, 4.69) is 19.2 Å². The summed E-state index contributed by atoms with van der Waals surface area (Å²) < 4.78 is 0. The SMILES string of the molecule is CCCCCCCCCCCC[C@H](O)/C=C/[C@@H](O)[C@H](CO)NC(=O)CCCCCCC. The summed E-state index contributed by atoms with van der Waals surface area (Å²) in [5, 5.41) is 32.5. The zero-order chi connectivity index (χ0) is 23.2. The van der Waals surface area contributed by atoms with Crippen molar-refractivity contribution < 1.29 is 20.1 Å². The second-order valence-corrected chi connectivity index (χ2v) is 8.93. The molecule has 0 saturated heterocycles. The Labute approximate surface area is 191 Å². The van der Waals surface area contributed by atoms with E-state index in [4.69, 9.17) is 0 Å². The van der Waals surface area contributed by atoms with Gasteiger partial charge in [0.2, 0.25) is 5.91 Å². The fraction of sp³-hybridized carbons (Fsp3) is 0.885. The van der Waals surface area contributed by atoms with Crippen molar-refractivity contribution in [1.29, 1.82) is 0 Å². The summed E-state index contributed by atoms with van der Waals surface area (Å²) in [6.45, 7) is 4.06. The first-order chi connectivity index (χ1) is 15.0. The van der Waals surface area contributed by atoms with Gasteiger partial charge in [-0.15, -0.1) is 0 Å². The Morgan fingerprint density at radius 3 is 1.74 bits per heavy atom. The number of hydrogen-bond donors (Lipinski definition) is 4. The number of carbonyl (C=O) groups excluding carboxylic acids is 1. The van der Waals surface area contributed by atoms with Crippen molar-refractivity contribution in [2.75, 3.05) is 6.61 Å². The Hall–Kier alpha value is -0.910. The normalized spacial score (nSPS) is 14.6. The topological polar surface area (TPSA) is 89.8 Å². The largest absolute Gasteiger partial charge is 0.394 e. The van der Waals surface area contributed by atoms with Crippen molar-refractivity contribution >= 4 is 5.91 Å². The number of rotatable bonds is 22. The predicted octanol–water partition coefficient (Wildman–Crippen LogP) is 5.41. The van der Waals surface area contributed by atoms with Crippen LogP contribution in [-0.2, 0) is 4.79 Å². The van der Waals surface area contributed by atoms with E-state index >= 15 is 0 Å². The number of amides is 1. The van der Waals surface area contributed by atoms with Crippen LogP contribution in [0.3, 0.4) is 0 Å². The second-order valence-electron chi connectivity index (χ2n) is 8.93. The van der Waals surface area contributed by atoms with E-state index < -0.39 is 18.2 Å². The first-order valence-electron chi connectivity index (χ1n) is 13.0. The number of carbonyl (C=O) groups is 1. The van der Waals surface area contributed by atoms with E-state index in [1.807, 2.05) is 0 Å². The molecule has 0 radical (unpaired) electrons. The zero-order valence-corrected chi connectivity index (χ0v) is 20.4. The molecule has 0 heterocycles. The Balaban J connectivity index is 3.88. The molecule has 0 unspecified atom stereocenters. The summed E-state index contributed by atoms with van der Waals surface area (Å²) >= 11 is 0. The average Bonchev–Trinajstić information content (AvgIpc) is 2.76. The first-order valence-corrected chi connectivity index (χ1v) is 13.0. The lowest BCUT2D eigenvalue weighted by Gasteiger charge is -2.20. The van der Waals surface area contributed by atoms with E-state index in [9.17, 15) is 20.1 Å². The van der Waals surface area contributed by atoms with Gasteiger partial charge in [0.1, 0.15) is 0 Å². The van der Waals surface area contributed by atoms with Crippen molar-refractivity contribution in [3.8, 4) is 0 Å². The lowest BCUT2D eigenvalue weighted by atomic mass is 10.0. The van der Waals surface area contributed by atoms with Crippen LogP contribution in [0.4, 0.5) is 0 Å². The molecule has 0 rings (SSSR count). The highest BCUT2D eigenvalue weighted by atomic mass is 16.3. The van der Waals surface area contributed by atoms with E-state index in [-0.39, 0.29) is 12.5 Å². The van der Waals surface area contributed by atoms with Gasteiger partial charge in [-0.2, -0.15) is 0 Å². The van der Waals surface area contributed by atoms with Crippen LogP contribution in [0, 0.1) is 0 Å². The molecule has 0 saturated carbocycles. The highest BCUT2D eigenvalue weighted by Gasteiger charge is 2.18. The number of hydrogen-bond acceptors (Lipinski definition) is 4. The molecule has 0 fully saturated rings. The van der Waals surface area contributed by atoms with Gasteiger partial charge in [-0.3, -0.25) is 4.79 Å². The van der Waals surface area contributed by atoms with Crippen molar-refractivity contribution in [3.63, 3.8) is 0 Å². The van der Waals surface area contributed by atoms with Gasteiger partial charge in [0, 0.05) is 6.42 Å². The third-order valence-electron chi connectivity index (χ3n) is 5.85. The number of nitrogens with one attached hydrogen (secondary N) is 1. The maximum absolute atomic E-state index is 12.0. The third-order valence-corrected chi connectivity index (χ3v) is 5.85. The van der Waals surface area contributed by atoms with Crippen LogP contribution in [0.2, 0.25) is 0 Å². The molecule has 0 aromatic rings. The highest BCUT2D eigenvalue weighted by molar-refractivity contribution is 5.76. The minimum absolute atomic E-state index is 0.145. The monoisotopic (exact) mass is 441 g/mol. The Morgan fingerprint density at radius 2 is 1.23 bits per heavy atom. The Kier molecular flexibility index (Phi) is 21.6. The van der Waals surface area contributed by atoms with Crippen LogP contribution >= 0.6 is 0 Å². The average molecular weight is 442 g/mol. The Morgan fingerprint density at radius 1 is 0.742 bits per heavy atom. The highest BCUT2D eigenvalue weighted by Crippen LogP contribution is 2.12. The zero-order valence-electron chi connectivity index (χ0n) is 20.4. The van der Waals surface area contributed by atoms with Crippen LogP contribution in [0.15, 0.2) is 12.2 Å². The molecule has 0 spiro atoms. The summed E-state index contributed by atoms with van der Waals surface area (Å²) in [7, 11) is 0. The summed E-state index contributed by atoms with van der Waals surface area (Å²) in [6, 6.07) is -0.732. The van der Waals surface area contributed by atoms with Crippen LogP contribution in [0.5, 0.6) is 0 Å². The van der Waals surface area contributed by atoms with Crippen LogP contribution < -0.4 is 5.32 Å². The molecule has 5 heteroatoms. The van der Waals surface area contributed by atoms with Gasteiger partial charge in [-0.1, -0.05) is 116 Å². The first kappa shape index (κ1) is 30.1. The van der Waals surface area contributed by atoms with E-state index in [0.717, 1.165) is 32.1 Å². The molecule has 0 bridgehead atoms. The fourth-order valence-electron chi connectivity index (χ4n) is 3.72. The van der Waals surface area contributed by atoms with E-state index in [1.54, 1.807) is 6.08 Å². The molecule has 1 amide bonds. The Bertz CT molecular complexity index is 428. The van der Waals surface area contributed by atoms with Crippen molar-refractivity contribution in [2.45, 2.75) is 141 Å². The van der Waals surface area contributed by atoms with Crippen LogP contribution in [-0.4, -0.2) is 46.1 Å². The van der Waals surface area contributed by atoms with Crippen molar-refractivity contribution in [2.24, 2.45) is 0 Å². The molecule has 0 aliphatic heterocycles. The minimum Gasteiger partial charge on any atom is -0.394 e. The van der Waals surface area contributed by atoms with Crippen molar-refractivity contribution in [3.05, 3.63) is 12.2 Å². The maximum atomic E-state index is 12.0.